The third-order valence-corrected chi connectivity index (χ3v) is 4.72. The topological polar surface area (TPSA) is 103 Å². The number of nitrogens with one attached hydrogen (secondary N) is 4. The van der Waals surface area contributed by atoms with Crippen LogP contribution in [0.2, 0.25) is 0 Å². The van der Waals surface area contributed by atoms with Crippen LogP contribution in [-0.2, 0) is 22.4 Å². The van der Waals surface area contributed by atoms with Gasteiger partial charge in [-0.2, -0.15) is 0 Å². The molecule has 1 aromatic heterocycles. The van der Waals surface area contributed by atoms with Gasteiger partial charge in [-0.05, 0) is 35.7 Å². The van der Waals surface area contributed by atoms with E-state index >= 15 is 0 Å². The number of hydrazine groups is 1. The largest absolute Gasteiger partial charge is 0.361 e. The van der Waals surface area contributed by atoms with Crippen LogP contribution in [-0.4, -0.2) is 28.7 Å². The van der Waals surface area contributed by atoms with Gasteiger partial charge in [0.25, 0.3) is 11.8 Å². The Morgan fingerprint density at radius 3 is 2.41 bits per heavy atom. The first-order valence-corrected chi connectivity index (χ1v) is 9.49. The van der Waals surface area contributed by atoms with Crippen molar-refractivity contribution >= 4 is 28.6 Å². The lowest BCUT2D eigenvalue weighted by molar-refractivity contribution is -0.128. The number of carbonyl (C=O) groups is 3. The minimum absolute atomic E-state index is 0.288. The van der Waals surface area contributed by atoms with E-state index in [4.69, 9.17) is 0 Å². The highest BCUT2D eigenvalue weighted by Crippen LogP contribution is 2.19. The molecular formula is C22H24N4O3. The summed E-state index contributed by atoms with van der Waals surface area (Å²) in [5.41, 5.74) is 8.23. The predicted molar refractivity (Wildman–Crippen MR) is 111 cm³/mol. The average Bonchev–Trinajstić information content (AvgIpc) is 3.14. The molecule has 3 rings (SSSR count). The van der Waals surface area contributed by atoms with Gasteiger partial charge >= 0.3 is 0 Å². The van der Waals surface area contributed by atoms with Gasteiger partial charge in [0.15, 0.2) is 0 Å². The Balaban J connectivity index is 1.67. The van der Waals surface area contributed by atoms with E-state index in [9.17, 15) is 14.4 Å². The van der Waals surface area contributed by atoms with Crippen LogP contribution in [0.4, 0.5) is 0 Å². The minimum atomic E-state index is -0.825. The zero-order valence-electron chi connectivity index (χ0n) is 16.4. The van der Waals surface area contributed by atoms with E-state index in [1.807, 2.05) is 49.5 Å². The predicted octanol–water partition coefficient (Wildman–Crippen LogP) is 2.24. The highest BCUT2D eigenvalue weighted by Gasteiger charge is 2.22. The van der Waals surface area contributed by atoms with Crippen molar-refractivity contribution in [1.29, 1.82) is 0 Å². The Labute approximate surface area is 168 Å². The molecule has 0 fully saturated rings. The second-order valence-electron chi connectivity index (χ2n) is 6.81. The second-order valence-corrected chi connectivity index (χ2v) is 6.81. The van der Waals surface area contributed by atoms with Crippen molar-refractivity contribution < 1.29 is 14.4 Å². The minimum Gasteiger partial charge on any atom is -0.361 e. The summed E-state index contributed by atoms with van der Waals surface area (Å²) in [6.45, 7) is 3.38. The maximum Gasteiger partial charge on any atom is 0.269 e. The van der Waals surface area contributed by atoms with Gasteiger partial charge in [0.2, 0.25) is 5.91 Å². The van der Waals surface area contributed by atoms with Gasteiger partial charge in [-0.1, -0.05) is 37.3 Å². The molecule has 3 aromatic rings. The van der Waals surface area contributed by atoms with Crippen molar-refractivity contribution in [3.63, 3.8) is 0 Å². The lowest BCUT2D eigenvalue weighted by Gasteiger charge is -2.18. The Morgan fingerprint density at radius 2 is 1.72 bits per heavy atom. The molecule has 0 saturated carbocycles. The van der Waals surface area contributed by atoms with Crippen LogP contribution in [0.3, 0.4) is 0 Å². The van der Waals surface area contributed by atoms with Crippen LogP contribution < -0.4 is 16.2 Å². The number of para-hydroxylation sites is 1. The molecule has 150 valence electrons. The van der Waals surface area contributed by atoms with Crippen molar-refractivity contribution in [2.24, 2.45) is 0 Å². The number of fused-ring (bicyclic) bond motifs is 1. The van der Waals surface area contributed by atoms with Crippen molar-refractivity contribution in [2.45, 2.75) is 32.7 Å². The van der Waals surface area contributed by atoms with Gasteiger partial charge < -0.3 is 10.3 Å². The zero-order chi connectivity index (χ0) is 20.8. The Kier molecular flexibility index (Phi) is 6.29. The number of aromatic amines is 1. The van der Waals surface area contributed by atoms with Gasteiger partial charge in [-0.15, -0.1) is 0 Å². The fourth-order valence-electron chi connectivity index (χ4n) is 3.14. The molecule has 0 radical (unpaired) electrons. The van der Waals surface area contributed by atoms with Crippen molar-refractivity contribution in [3.8, 4) is 0 Å². The SMILES string of the molecule is CCc1ccc(C(=O)NNC(=O)C(Cc2c[nH]c3ccccc23)NC(C)=O)cc1. The molecule has 2 aromatic carbocycles. The lowest BCUT2D eigenvalue weighted by atomic mass is 10.0. The van der Waals surface area contributed by atoms with Crippen molar-refractivity contribution in [3.05, 3.63) is 71.4 Å². The number of hydrogen-bond acceptors (Lipinski definition) is 3. The molecule has 4 N–H and O–H groups in total. The van der Waals surface area contributed by atoms with E-state index in [-0.39, 0.29) is 12.3 Å². The van der Waals surface area contributed by atoms with E-state index in [0.717, 1.165) is 28.5 Å². The summed E-state index contributed by atoms with van der Waals surface area (Å²) >= 11 is 0. The number of carbonyl (C=O) groups excluding carboxylic acids is 3. The molecule has 0 aliphatic rings. The van der Waals surface area contributed by atoms with Crippen molar-refractivity contribution in [1.82, 2.24) is 21.2 Å². The Bertz CT molecular complexity index is 1020. The summed E-state index contributed by atoms with van der Waals surface area (Å²) in [6, 6.07) is 14.0. The third kappa shape index (κ3) is 5.01. The molecule has 0 spiro atoms. The maximum atomic E-state index is 12.6. The van der Waals surface area contributed by atoms with Crippen LogP contribution >= 0.6 is 0 Å². The van der Waals surface area contributed by atoms with Crippen LogP contribution in [0, 0.1) is 0 Å². The summed E-state index contributed by atoms with van der Waals surface area (Å²) in [6.07, 6.45) is 2.99. The van der Waals surface area contributed by atoms with Gasteiger partial charge in [-0.25, -0.2) is 0 Å². The first-order valence-electron chi connectivity index (χ1n) is 9.49. The fourth-order valence-corrected chi connectivity index (χ4v) is 3.14. The Hall–Kier alpha value is -3.61. The van der Waals surface area contributed by atoms with E-state index in [0.29, 0.717) is 5.56 Å². The number of H-pyrrole nitrogens is 1. The number of rotatable bonds is 6. The lowest BCUT2D eigenvalue weighted by Crippen LogP contribution is -2.52. The molecule has 29 heavy (non-hydrogen) atoms. The Morgan fingerprint density at radius 1 is 1.00 bits per heavy atom. The van der Waals surface area contributed by atoms with E-state index in [1.165, 1.54) is 6.92 Å². The number of benzene rings is 2. The molecule has 1 atom stereocenters. The molecule has 7 nitrogen and oxygen atoms in total. The molecule has 7 heteroatoms. The molecular weight excluding hydrogens is 368 g/mol. The number of hydrogen-bond donors (Lipinski definition) is 4. The maximum absolute atomic E-state index is 12.6. The van der Waals surface area contributed by atoms with E-state index in [1.54, 1.807) is 12.1 Å². The summed E-state index contributed by atoms with van der Waals surface area (Å²) in [5.74, 6) is -1.25. The van der Waals surface area contributed by atoms with Gasteiger partial charge in [0, 0.05) is 36.0 Å². The second kappa shape index (κ2) is 9.05. The summed E-state index contributed by atoms with van der Waals surface area (Å²) in [4.78, 5) is 39.6. The standard InChI is InChI=1S/C22H24N4O3/c1-3-15-8-10-16(11-9-15)21(28)25-26-22(29)20(24-14(2)27)12-17-13-23-19-7-5-4-6-18(17)19/h4-11,13,20,23H,3,12H2,1-2H3,(H,24,27)(H,25,28)(H,26,29). The molecule has 0 saturated heterocycles. The third-order valence-electron chi connectivity index (χ3n) is 4.72. The fraction of sp³-hybridized carbons (Fsp3) is 0.227. The average molecular weight is 392 g/mol. The molecule has 1 unspecified atom stereocenters. The number of aromatic nitrogens is 1. The number of amides is 3. The molecule has 0 aliphatic heterocycles. The van der Waals surface area contributed by atoms with Crippen LogP contribution in [0.25, 0.3) is 10.9 Å². The summed E-state index contributed by atoms with van der Waals surface area (Å²) in [5, 5.41) is 3.63. The smallest absolute Gasteiger partial charge is 0.269 e. The highest BCUT2D eigenvalue weighted by atomic mass is 16.2. The number of aryl methyl sites for hydroxylation is 1. The summed E-state index contributed by atoms with van der Waals surface area (Å²) < 4.78 is 0. The van der Waals surface area contributed by atoms with Crippen LogP contribution in [0.15, 0.2) is 54.7 Å². The quantitative estimate of drug-likeness (QED) is 0.484. The highest BCUT2D eigenvalue weighted by molar-refractivity contribution is 5.96. The van der Waals surface area contributed by atoms with Crippen LogP contribution in [0.1, 0.15) is 35.3 Å². The van der Waals surface area contributed by atoms with Gasteiger partial charge in [0.1, 0.15) is 6.04 Å². The van der Waals surface area contributed by atoms with Crippen molar-refractivity contribution in [2.75, 3.05) is 0 Å². The normalized spacial score (nSPS) is 11.7. The van der Waals surface area contributed by atoms with E-state index < -0.39 is 17.9 Å². The molecule has 0 aliphatic carbocycles. The molecule has 3 amide bonds. The summed E-state index contributed by atoms with van der Waals surface area (Å²) in [7, 11) is 0. The zero-order valence-corrected chi connectivity index (χ0v) is 16.4. The first-order chi connectivity index (χ1) is 14.0. The van der Waals surface area contributed by atoms with E-state index in [2.05, 4.69) is 21.2 Å². The monoisotopic (exact) mass is 392 g/mol. The van der Waals surface area contributed by atoms with Crippen LogP contribution in [0.5, 0.6) is 0 Å². The molecule has 1 heterocycles. The molecule has 0 bridgehead atoms. The first kappa shape index (κ1) is 20.1. The van der Waals surface area contributed by atoms with Gasteiger partial charge in [0.05, 0.1) is 0 Å². The van der Waals surface area contributed by atoms with Gasteiger partial charge in [-0.3, -0.25) is 25.2 Å².